The number of hydrogen-bond acceptors (Lipinski definition) is 4. The summed E-state index contributed by atoms with van der Waals surface area (Å²) in [5.74, 6) is -2.57. The van der Waals surface area contributed by atoms with Gasteiger partial charge in [-0.3, -0.25) is 14.5 Å². The van der Waals surface area contributed by atoms with E-state index in [0.29, 0.717) is 11.3 Å². The zero-order valence-corrected chi connectivity index (χ0v) is 17.1. The van der Waals surface area contributed by atoms with Gasteiger partial charge in [0.05, 0.1) is 11.6 Å². The number of hydrogen-bond donors (Lipinski definition) is 1. The summed E-state index contributed by atoms with van der Waals surface area (Å²) in [6, 6.07) is 20.4. The zero-order chi connectivity index (χ0) is 22.1. The van der Waals surface area contributed by atoms with E-state index < -0.39 is 23.5 Å². The third-order valence-corrected chi connectivity index (χ3v) is 5.34. The third-order valence-electron chi connectivity index (χ3n) is 5.34. The number of carbonyl (C=O) groups is 2. The molecule has 1 N–H and O–H groups in total. The van der Waals surface area contributed by atoms with Crippen molar-refractivity contribution in [3.05, 3.63) is 101 Å². The molecule has 1 fully saturated rings. The summed E-state index contributed by atoms with van der Waals surface area (Å²) in [5.41, 5.74) is 1.72. The van der Waals surface area contributed by atoms with Gasteiger partial charge in [-0.1, -0.05) is 48.5 Å². The van der Waals surface area contributed by atoms with E-state index in [1.807, 2.05) is 31.1 Å². The number of amides is 1. The summed E-state index contributed by atoms with van der Waals surface area (Å²) in [6.45, 7) is 0. The molecule has 3 aromatic carbocycles. The highest BCUT2D eigenvalue weighted by atomic mass is 19.1. The van der Waals surface area contributed by atoms with E-state index in [4.69, 9.17) is 0 Å². The lowest BCUT2D eigenvalue weighted by Gasteiger charge is -2.26. The van der Waals surface area contributed by atoms with Gasteiger partial charge in [-0.15, -0.1) is 0 Å². The van der Waals surface area contributed by atoms with Gasteiger partial charge in [0.1, 0.15) is 11.6 Å². The largest absolute Gasteiger partial charge is 0.507 e. The Hall–Kier alpha value is -3.93. The average Bonchev–Trinajstić information content (AvgIpc) is 3.04. The van der Waals surface area contributed by atoms with E-state index in [9.17, 15) is 19.1 Å². The van der Waals surface area contributed by atoms with Gasteiger partial charge in [-0.05, 0) is 30.3 Å². The molecule has 0 saturated carbocycles. The average molecular weight is 416 g/mol. The van der Waals surface area contributed by atoms with Gasteiger partial charge < -0.3 is 10.0 Å². The number of nitrogens with zero attached hydrogens (tertiary/aromatic N) is 2. The van der Waals surface area contributed by atoms with E-state index in [0.717, 1.165) is 5.69 Å². The highest BCUT2D eigenvalue weighted by molar-refractivity contribution is 6.51. The fraction of sp³-hybridized carbons (Fsp3) is 0.120. The van der Waals surface area contributed by atoms with Gasteiger partial charge in [0, 0.05) is 36.6 Å². The lowest BCUT2D eigenvalue weighted by molar-refractivity contribution is -0.132. The van der Waals surface area contributed by atoms with Crippen molar-refractivity contribution in [2.75, 3.05) is 23.9 Å². The summed E-state index contributed by atoms with van der Waals surface area (Å²) < 4.78 is 14.8. The van der Waals surface area contributed by atoms with Gasteiger partial charge in [-0.2, -0.15) is 0 Å². The Bertz CT molecular complexity index is 1170. The number of halogens is 1. The molecule has 1 atom stereocenters. The van der Waals surface area contributed by atoms with Gasteiger partial charge >= 0.3 is 0 Å². The third kappa shape index (κ3) is 3.57. The van der Waals surface area contributed by atoms with Gasteiger partial charge in [0.25, 0.3) is 11.7 Å². The van der Waals surface area contributed by atoms with Crippen LogP contribution >= 0.6 is 0 Å². The Kier molecular flexibility index (Phi) is 5.29. The smallest absolute Gasteiger partial charge is 0.300 e. The molecule has 6 heteroatoms. The van der Waals surface area contributed by atoms with Crippen LogP contribution in [-0.2, 0) is 9.59 Å². The molecule has 0 bridgehead atoms. The zero-order valence-electron chi connectivity index (χ0n) is 17.1. The first-order valence-electron chi connectivity index (χ1n) is 9.78. The maximum Gasteiger partial charge on any atom is 0.300 e. The first-order valence-corrected chi connectivity index (χ1v) is 9.78. The first kappa shape index (κ1) is 20.3. The second kappa shape index (κ2) is 8.07. The Morgan fingerprint density at radius 2 is 1.52 bits per heavy atom. The van der Waals surface area contributed by atoms with Crippen LogP contribution in [0.15, 0.2) is 84.4 Å². The fourth-order valence-corrected chi connectivity index (χ4v) is 3.75. The summed E-state index contributed by atoms with van der Waals surface area (Å²) >= 11 is 0. The molecule has 5 nitrogen and oxygen atoms in total. The van der Waals surface area contributed by atoms with E-state index >= 15 is 0 Å². The molecule has 1 aliphatic heterocycles. The van der Waals surface area contributed by atoms with E-state index in [-0.39, 0.29) is 16.9 Å². The maximum absolute atomic E-state index is 14.8. The Morgan fingerprint density at radius 3 is 2.13 bits per heavy atom. The Balaban J connectivity index is 1.93. The molecule has 1 aliphatic rings. The van der Waals surface area contributed by atoms with Crippen molar-refractivity contribution in [1.82, 2.24) is 0 Å². The SMILES string of the molecule is CN(C)c1ccc(N2C(=O)C(=O)/C(=C(/O)c3ccccc3)[C@@H]2c2ccccc2F)cc1. The number of carbonyl (C=O) groups excluding carboxylic acids is 2. The Labute approximate surface area is 179 Å². The molecule has 1 saturated heterocycles. The summed E-state index contributed by atoms with van der Waals surface area (Å²) in [7, 11) is 3.78. The molecule has 1 heterocycles. The van der Waals surface area contributed by atoms with Crippen molar-refractivity contribution >= 4 is 28.8 Å². The molecular formula is C25H21FN2O3. The number of anilines is 2. The lowest BCUT2D eigenvalue weighted by atomic mass is 9.94. The molecule has 4 rings (SSSR count). The highest BCUT2D eigenvalue weighted by Gasteiger charge is 2.47. The predicted molar refractivity (Wildman–Crippen MR) is 118 cm³/mol. The van der Waals surface area contributed by atoms with Crippen molar-refractivity contribution < 1.29 is 19.1 Å². The number of rotatable bonds is 4. The molecule has 31 heavy (non-hydrogen) atoms. The number of aliphatic hydroxyl groups is 1. The van der Waals surface area contributed by atoms with Crippen LogP contribution in [0.1, 0.15) is 17.2 Å². The van der Waals surface area contributed by atoms with Crippen molar-refractivity contribution in [3.63, 3.8) is 0 Å². The van der Waals surface area contributed by atoms with Crippen molar-refractivity contribution in [2.24, 2.45) is 0 Å². The monoisotopic (exact) mass is 416 g/mol. The van der Waals surface area contributed by atoms with Crippen LogP contribution in [0, 0.1) is 5.82 Å². The second-order valence-corrected chi connectivity index (χ2v) is 7.47. The molecule has 0 spiro atoms. The molecular weight excluding hydrogens is 395 g/mol. The minimum absolute atomic E-state index is 0.135. The van der Waals surface area contributed by atoms with E-state index in [2.05, 4.69) is 0 Å². The van der Waals surface area contributed by atoms with Gasteiger partial charge in [0.15, 0.2) is 0 Å². The maximum atomic E-state index is 14.8. The first-order chi connectivity index (χ1) is 14.9. The van der Waals surface area contributed by atoms with E-state index in [1.54, 1.807) is 48.5 Å². The van der Waals surface area contributed by atoms with Gasteiger partial charge in [0.2, 0.25) is 0 Å². The summed E-state index contributed by atoms with van der Waals surface area (Å²) in [5, 5.41) is 11.0. The topological polar surface area (TPSA) is 60.9 Å². The summed E-state index contributed by atoms with van der Waals surface area (Å²) in [6.07, 6.45) is 0. The van der Waals surface area contributed by atoms with Crippen LogP contribution in [0.25, 0.3) is 5.76 Å². The summed E-state index contributed by atoms with van der Waals surface area (Å²) in [4.78, 5) is 29.2. The van der Waals surface area contributed by atoms with Crippen molar-refractivity contribution in [1.29, 1.82) is 0 Å². The van der Waals surface area contributed by atoms with E-state index in [1.165, 1.54) is 23.1 Å². The quantitative estimate of drug-likeness (QED) is 0.386. The van der Waals surface area contributed by atoms with Crippen LogP contribution in [0.2, 0.25) is 0 Å². The van der Waals surface area contributed by atoms with Crippen LogP contribution in [0.5, 0.6) is 0 Å². The molecule has 1 amide bonds. The molecule has 0 aliphatic carbocycles. The number of aliphatic hydroxyl groups excluding tert-OH is 1. The molecule has 3 aromatic rings. The number of benzene rings is 3. The highest BCUT2D eigenvalue weighted by Crippen LogP contribution is 2.43. The van der Waals surface area contributed by atoms with Gasteiger partial charge in [-0.25, -0.2) is 4.39 Å². The Morgan fingerprint density at radius 1 is 0.903 bits per heavy atom. The standard InChI is InChI=1S/C25H21FN2O3/c1-27(2)17-12-14-18(15-13-17)28-22(19-10-6-7-11-20(19)26)21(24(30)25(28)31)23(29)16-8-4-3-5-9-16/h3-15,22,29H,1-2H3/b23-21+/t22-/m0/s1. The molecule has 156 valence electrons. The molecule has 0 radical (unpaired) electrons. The number of ketones is 1. The minimum Gasteiger partial charge on any atom is -0.507 e. The van der Waals surface area contributed by atoms with Crippen LogP contribution in [-0.4, -0.2) is 30.9 Å². The number of Topliss-reactive ketones (excluding diaryl/α,β-unsaturated/α-hetero) is 1. The minimum atomic E-state index is -1.09. The van der Waals surface area contributed by atoms with Crippen molar-refractivity contribution in [3.8, 4) is 0 Å². The second-order valence-electron chi connectivity index (χ2n) is 7.47. The normalized spacial score (nSPS) is 17.8. The molecule has 0 unspecified atom stereocenters. The predicted octanol–water partition coefficient (Wildman–Crippen LogP) is 4.52. The van der Waals surface area contributed by atoms with Crippen LogP contribution in [0.4, 0.5) is 15.8 Å². The van der Waals surface area contributed by atoms with Crippen molar-refractivity contribution in [2.45, 2.75) is 6.04 Å². The van der Waals surface area contributed by atoms with Crippen LogP contribution in [0.3, 0.4) is 0 Å². The fourth-order valence-electron chi connectivity index (χ4n) is 3.75. The van der Waals surface area contributed by atoms with Crippen LogP contribution < -0.4 is 9.80 Å². The lowest BCUT2D eigenvalue weighted by Crippen LogP contribution is -2.29. The molecule has 0 aromatic heterocycles.